The zero-order valence-corrected chi connectivity index (χ0v) is 14.5. The monoisotopic (exact) mass is 332 g/mol. The van der Waals surface area contributed by atoms with Crippen LogP contribution in [0.25, 0.3) is 0 Å². The zero-order chi connectivity index (χ0) is 17.6. The van der Waals surface area contributed by atoms with Crippen LogP contribution >= 0.6 is 0 Å². The second kappa shape index (κ2) is 6.20. The van der Waals surface area contributed by atoms with Crippen molar-refractivity contribution in [1.82, 2.24) is 0 Å². The van der Waals surface area contributed by atoms with Gasteiger partial charge < -0.3 is 14.3 Å². The number of Topliss-reactive ketones (excluding diaryl/α,β-unsaturated/α-hetero) is 1. The highest BCUT2D eigenvalue weighted by Crippen LogP contribution is 2.51. The van der Waals surface area contributed by atoms with Gasteiger partial charge in [0.05, 0.1) is 18.3 Å². The van der Waals surface area contributed by atoms with E-state index in [4.69, 9.17) is 9.15 Å². The van der Waals surface area contributed by atoms with E-state index >= 15 is 0 Å². The SMILES string of the molecule is C/C=C(/C)C(=O)O[C@@H]1c2c(C)coc2C(=O)[C@@H]2[C@H]1[C@@H](C)CC[C@@H]2O. The molecule has 0 spiro atoms. The van der Waals surface area contributed by atoms with Crippen LogP contribution in [0.3, 0.4) is 0 Å². The average Bonchev–Trinajstić information content (AvgIpc) is 2.95. The van der Waals surface area contributed by atoms with Crippen LogP contribution in [0.2, 0.25) is 0 Å². The quantitative estimate of drug-likeness (QED) is 0.664. The molecular formula is C19H24O5. The summed E-state index contributed by atoms with van der Waals surface area (Å²) in [5.41, 5.74) is 2.00. The Balaban J connectivity index is 2.08. The fraction of sp³-hybridized carbons (Fsp3) is 0.579. The molecule has 0 saturated heterocycles. The maximum Gasteiger partial charge on any atom is 0.333 e. The molecule has 3 rings (SSSR count). The summed E-state index contributed by atoms with van der Waals surface area (Å²) >= 11 is 0. The van der Waals surface area contributed by atoms with E-state index in [-0.39, 0.29) is 23.4 Å². The molecule has 1 aromatic rings. The van der Waals surface area contributed by atoms with E-state index in [2.05, 4.69) is 6.92 Å². The number of allylic oxidation sites excluding steroid dienone is 1. The predicted octanol–water partition coefficient (Wildman–Crippen LogP) is 3.36. The number of aliphatic hydroxyl groups is 1. The highest BCUT2D eigenvalue weighted by atomic mass is 16.5. The van der Waals surface area contributed by atoms with Crippen molar-refractivity contribution in [3.63, 3.8) is 0 Å². The van der Waals surface area contributed by atoms with Crippen LogP contribution in [-0.2, 0) is 9.53 Å². The molecule has 2 aliphatic carbocycles. The normalized spacial score (nSPS) is 33.0. The number of hydrogen-bond acceptors (Lipinski definition) is 5. The Labute approximate surface area is 141 Å². The van der Waals surface area contributed by atoms with Crippen LogP contribution in [0.5, 0.6) is 0 Å². The van der Waals surface area contributed by atoms with Gasteiger partial charge in [0.1, 0.15) is 6.10 Å². The van der Waals surface area contributed by atoms with Crippen LogP contribution in [0.15, 0.2) is 22.3 Å². The van der Waals surface area contributed by atoms with E-state index in [0.29, 0.717) is 17.6 Å². The minimum atomic E-state index is -0.721. The number of esters is 1. The Bertz CT molecular complexity index is 699. The zero-order valence-electron chi connectivity index (χ0n) is 14.5. The van der Waals surface area contributed by atoms with Crippen molar-refractivity contribution in [1.29, 1.82) is 0 Å². The van der Waals surface area contributed by atoms with Crippen LogP contribution in [0.1, 0.15) is 61.4 Å². The molecule has 1 heterocycles. The number of rotatable bonds is 2. The number of fused-ring (bicyclic) bond motifs is 2. The molecule has 5 atom stereocenters. The van der Waals surface area contributed by atoms with Gasteiger partial charge in [-0.1, -0.05) is 13.0 Å². The summed E-state index contributed by atoms with van der Waals surface area (Å²) in [7, 11) is 0. The molecule has 0 unspecified atom stereocenters. The molecule has 0 aliphatic heterocycles. The molecule has 1 saturated carbocycles. The Morgan fingerprint density at radius 3 is 2.79 bits per heavy atom. The molecule has 24 heavy (non-hydrogen) atoms. The van der Waals surface area contributed by atoms with E-state index < -0.39 is 24.1 Å². The first-order valence-electron chi connectivity index (χ1n) is 8.51. The lowest BCUT2D eigenvalue weighted by Gasteiger charge is -2.45. The number of ether oxygens (including phenoxy) is 1. The molecule has 5 heteroatoms. The van der Waals surface area contributed by atoms with Gasteiger partial charge in [-0.05, 0) is 45.1 Å². The lowest BCUT2D eigenvalue weighted by atomic mass is 9.62. The summed E-state index contributed by atoms with van der Waals surface area (Å²) < 4.78 is 11.3. The molecule has 1 aromatic heterocycles. The lowest BCUT2D eigenvalue weighted by molar-refractivity contribution is -0.154. The Morgan fingerprint density at radius 2 is 2.12 bits per heavy atom. The van der Waals surface area contributed by atoms with Gasteiger partial charge in [0.2, 0.25) is 5.78 Å². The molecule has 2 aliphatic rings. The largest absolute Gasteiger partial charge is 0.460 e. The van der Waals surface area contributed by atoms with Gasteiger partial charge in [-0.25, -0.2) is 4.79 Å². The third-order valence-corrected chi connectivity index (χ3v) is 5.58. The number of furan rings is 1. The minimum Gasteiger partial charge on any atom is -0.460 e. The fourth-order valence-corrected chi connectivity index (χ4v) is 4.06. The topological polar surface area (TPSA) is 76.7 Å². The van der Waals surface area contributed by atoms with Crippen molar-refractivity contribution in [2.45, 2.75) is 52.7 Å². The van der Waals surface area contributed by atoms with Gasteiger partial charge in [0.25, 0.3) is 0 Å². The number of hydrogen-bond donors (Lipinski definition) is 1. The van der Waals surface area contributed by atoms with Gasteiger partial charge in [0.15, 0.2) is 5.76 Å². The highest BCUT2D eigenvalue weighted by Gasteiger charge is 2.53. The molecule has 1 N–H and O–H groups in total. The number of carbonyl (C=O) groups is 2. The van der Waals surface area contributed by atoms with E-state index in [1.54, 1.807) is 19.9 Å². The van der Waals surface area contributed by atoms with Gasteiger partial charge >= 0.3 is 5.97 Å². The summed E-state index contributed by atoms with van der Waals surface area (Å²) in [5, 5.41) is 10.4. The maximum absolute atomic E-state index is 12.8. The first-order valence-corrected chi connectivity index (χ1v) is 8.51. The van der Waals surface area contributed by atoms with E-state index in [9.17, 15) is 14.7 Å². The highest BCUT2D eigenvalue weighted by molar-refractivity contribution is 5.99. The van der Waals surface area contributed by atoms with Crippen molar-refractivity contribution >= 4 is 11.8 Å². The van der Waals surface area contributed by atoms with Crippen LogP contribution in [-0.4, -0.2) is 23.0 Å². The van der Waals surface area contributed by atoms with Crippen molar-refractivity contribution in [3.05, 3.63) is 34.8 Å². The summed E-state index contributed by atoms with van der Waals surface area (Å²) in [6.07, 6.45) is 3.34. The smallest absolute Gasteiger partial charge is 0.333 e. The molecule has 1 fully saturated rings. The van der Waals surface area contributed by atoms with Crippen molar-refractivity contribution in [2.24, 2.45) is 17.8 Å². The van der Waals surface area contributed by atoms with Crippen molar-refractivity contribution < 1.29 is 23.8 Å². The average molecular weight is 332 g/mol. The van der Waals surface area contributed by atoms with Crippen LogP contribution in [0.4, 0.5) is 0 Å². The first kappa shape index (κ1) is 17.0. The summed E-state index contributed by atoms with van der Waals surface area (Å²) in [4.78, 5) is 25.2. The van der Waals surface area contributed by atoms with Crippen LogP contribution < -0.4 is 0 Å². The number of carbonyl (C=O) groups excluding carboxylic acids is 2. The molecule has 0 bridgehead atoms. The molecule has 0 radical (unpaired) electrons. The summed E-state index contributed by atoms with van der Waals surface area (Å²) in [6, 6.07) is 0. The Kier molecular flexibility index (Phi) is 4.38. The summed E-state index contributed by atoms with van der Waals surface area (Å²) in [5.74, 6) is -0.952. The van der Waals surface area contributed by atoms with Gasteiger partial charge in [-0.2, -0.15) is 0 Å². The third kappa shape index (κ3) is 2.51. The number of aryl methyl sites for hydroxylation is 1. The second-order valence-corrected chi connectivity index (χ2v) is 7.05. The van der Waals surface area contributed by atoms with E-state index in [0.717, 1.165) is 12.0 Å². The Hall–Kier alpha value is -1.88. The maximum atomic E-state index is 12.8. The predicted molar refractivity (Wildman–Crippen MR) is 87.4 cm³/mol. The van der Waals surface area contributed by atoms with E-state index in [1.807, 2.05) is 6.92 Å². The third-order valence-electron chi connectivity index (χ3n) is 5.58. The van der Waals surface area contributed by atoms with Gasteiger partial charge in [0, 0.05) is 17.1 Å². The fourth-order valence-electron chi connectivity index (χ4n) is 4.06. The molecule has 5 nitrogen and oxygen atoms in total. The van der Waals surface area contributed by atoms with Crippen molar-refractivity contribution in [2.75, 3.05) is 0 Å². The summed E-state index contributed by atoms with van der Waals surface area (Å²) in [6.45, 7) is 7.39. The first-order chi connectivity index (χ1) is 11.4. The molecular weight excluding hydrogens is 308 g/mol. The molecule has 0 amide bonds. The van der Waals surface area contributed by atoms with E-state index in [1.165, 1.54) is 6.26 Å². The van der Waals surface area contributed by atoms with Crippen molar-refractivity contribution in [3.8, 4) is 0 Å². The molecule has 130 valence electrons. The number of ketones is 1. The Morgan fingerprint density at radius 1 is 1.42 bits per heavy atom. The minimum absolute atomic E-state index is 0.169. The number of aliphatic hydroxyl groups excluding tert-OH is 1. The standard InChI is InChI=1S/C19H24O5/c1-5-9(2)19(22)24-17-13-10(3)6-7-12(20)15(13)16(21)18-14(17)11(4)8-23-18/h5,8,10,12-13,15,17,20H,6-7H2,1-4H3/b9-5-/t10-,12-,13+,15-,17-/m0/s1. The van der Waals surface area contributed by atoms with Gasteiger partial charge in [-0.15, -0.1) is 0 Å². The lowest BCUT2D eigenvalue weighted by Crippen LogP contribution is -2.48. The van der Waals surface area contributed by atoms with Gasteiger partial charge in [-0.3, -0.25) is 4.79 Å². The molecule has 0 aromatic carbocycles. The second-order valence-electron chi connectivity index (χ2n) is 7.05. The van der Waals surface area contributed by atoms with Crippen LogP contribution in [0, 0.1) is 24.7 Å².